The van der Waals surface area contributed by atoms with Crippen LogP contribution in [0.5, 0.6) is 0 Å². The highest BCUT2D eigenvalue weighted by Crippen LogP contribution is 2.67. The van der Waals surface area contributed by atoms with Crippen molar-refractivity contribution < 1.29 is 39.1 Å². The minimum absolute atomic E-state index is 0.0834. The molecule has 0 aromatic carbocycles. The summed E-state index contributed by atoms with van der Waals surface area (Å²) in [6, 6.07) is 0. The van der Waals surface area contributed by atoms with E-state index in [-0.39, 0.29) is 13.0 Å². The first-order chi connectivity index (χ1) is 16.4. The van der Waals surface area contributed by atoms with Gasteiger partial charge in [0.05, 0.1) is 24.4 Å². The van der Waals surface area contributed by atoms with Crippen LogP contribution in [-0.4, -0.2) is 100 Å². The molecule has 1 saturated heterocycles. The maximum Gasteiger partial charge on any atom is 0.303 e. The molecule has 0 bridgehead atoms. The van der Waals surface area contributed by atoms with Gasteiger partial charge in [0.15, 0.2) is 11.4 Å². The molecule has 1 heterocycles. The van der Waals surface area contributed by atoms with Crippen LogP contribution in [0.3, 0.4) is 0 Å². The van der Waals surface area contributed by atoms with Crippen molar-refractivity contribution in [2.75, 3.05) is 27.2 Å². The van der Waals surface area contributed by atoms with E-state index >= 15 is 0 Å². The number of carbonyl (C=O) groups excluding carboxylic acids is 2. The number of esters is 1. The molecule has 9 heteroatoms. The van der Waals surface area contributed by atoms with Crippen molar-refractivity contribution in [3.63, 3.8) is 0 Å². The zero-order chi connectivity index (χ0) is 27.5. The maximum atomic E-state index is 13.9. The van der Waals surface area contributed by atoms with Gasteiger partial charge in [-0.15, -0.1) is 6.58 Å². The Labute approximate surface area is 214 Å². The lowest BCUT2D eigenvalue weighted by atomic mass is 9.40. The van der Waals surface area contributed by atoms with Crippen LogP contribution in [0.15, 0.2) is 12.7 Å². The minimum atomic E-state index is -2.16. The van der Waals surface area contributed by atoms with Gasteiger partial charge in [0, 0.05) is 31.2 Å². The van der Waals surface area contributed by atoms with Gasteiger partial charge in [-0.25, -0.2) is 0 Å². The largest absolute Gasteiger partial charge is 0.459 e. The molecule has 9 atom stereocenters. The number of fused-ring (bicyclic) bond motifs is 3. The Hall–Kier alpha value is -1.36. The van der Waals surface area contributed by atoms with E-state index in [1.807, 2.05) is 32.8 Å². The van der Waals surface area contributed by atoms with Crippen LogP contribution in [0.1, 0.15) is 60.8 Å². The molecule has 3 aliphatic rings. The fraction of sp³-hybridized carbons (Fsp3) is 0.852. The van der Waals surface area contributed by atoms with Crippen LogP contribution >= 0.6 is 0 Å². The Morgan fingerprint density at radius 3 is 2.39 bits per heavy atom. The molecule has 1 aliphatic heterocycles. The molecule has 3 fully saturated rings. The van der Waals surface area contributed by atoms with E-state index in [4.69, 9.17) is 14.2 Å². The maximum absolute atomic E-state index is 13.9. The Kier molecular flexibility index (Phi) is 7.65. The van der Waals surface area contributed by atoms with Gasteiger partial charge < -0.3 is 34.4 Å². The number of aliphatic hydroxyl groups excluding tert-OH is 2. The molecular weight excluding hydrogens is 466 g/mol. The van der Waals surface area contributed by atoms with Gasteiger partial charge in [-0.1, -0.05) is 26.8 Å². The summed E-state index contributed by atoms with van der Waals surface area (Å²) in [5.74, 6) is -1.63. The lowest BCUT2D eigenvalue weighted by Gasteiger charge is -2.71. The summed E-state index contributed by atoms with van der Waals surface area (Å²) in [5, 5.41) is 35.8. The third-order valence-electron chi connectivity index (χ3n) is 9.09. The van der Waals surface area contributed by atoms with E-state index in [0.717, 1.165) is 0 Å². The van der Waals surface area contributed by atoms with Crippen molar-refractivity contribution in [3.8, 4) is 0 Å². The predicted octanol–water partition coefficient (Wildman–Crippen LogP) is 1.47. The Morgan fingerprint density at radius 1 is 1.25 bits per heavy atom. The summed E-state index contributed by atoms with van der Waals surface area (Å²) in [6.45, 7) is 14.3. The van der Waals surface area contributed by atoms with E-state index in [1.54, 1.807) is 20.8 Å². The van der Waals surface area contributed by atoms with Crippen molar-refractivity contribution >= 4 is 11.8 Å². The first kappa shape index (κ1) is 29.2. The summed E-state index contributed by atoms with van der Waals surface area (Å²) < 4.78 is 18.2. The second-order valence-electron chi connectivity index (χ2n) is 12.6. The van der Waals surface area contributed by atoms with Gasteiger partial charge in [0.25, 0.3) is 0 Å². The highest BCUT2D eigenvalue weighted by atomic mass is 16.6. The van der Waals surface area contributed by atoms with E-state index in [1.165, 1.54) is 13.0 Å². The number of likely N-dealkylation sites (N-methyl/N-ethyl adjacent to an activating group) is 1. The second kappa shape index (κ2) is 9.43. The SMILES string of the molecule is C=C[C@@]1(C)CC(=O)[C@]2(O)[C@@]3(C)[C@@H](O)CCC(C)(C)[C@@H]3[C@H](O)[C@H](OCC(CN(C)C)OC(C)=O)[C@@]2(C)O1. The number of hydrogen-bond acceptors (Lipinski definition) is 9. The molecule has 0 spiro atoms. The number of rotatable bonds is 7. The number of hydrogen-bond donors (Lipinski definition) is 3. The van der Waals surface area contributed by atoms with Crippen molar-refractivity contribution in [3.05, 3.63) is 12.7 Å². The summed E-state index contributed by atoms with van der Waals surface area (Å²) in [7, 11) is 3.67. The average molecular weight is 512 g/mol. The summed E-state index contributed by atoms with van der Waals surface area (Å²) in [4.78, 5) is 27.5. The highest BCUT2D eigenvalue weighted by Gasteiger charge is 2.80. The third-order valence-corrected chi connectivity index (χ3v) is 9.09. The van der Waals surface area contributed by atoms with Gasteiger partial charge in [0.1, 0.15) is 17.8 Å². The number of carbonyl (C=O) groups is 2. The van der Waals surface area contributed by atoms with Crippen LogP contribution < -0.4 is 0 Å². The van der Waals surface area contributed by atoms with Crippen molar-refractivity contribution in [2.24, 2.45) is 16.7 Å². The number of Topliss-reactive ketones (excluding diaryl/α,β-unsaturated/α-hetero) is 1. The Bertz CT molecular complexity index is 891. The number of ether oxygens (including phenoxy) is 3. The van der Waals surface area contributed by atoms with Crippen LogP contribution in [-0.2, 0) is 23.8 Å². The molecule has 2 saturated carbocycles. The lowest BCUT2D eigenvalue weighted by Crippen LogP contribution is -2.86. The summed E-state index contributed by atoms with van der Waals surface area (Å²) in [5.41, 5.74) is -6.93. The van der Waals surface area contributed by atoms with Gasteiger partial charge >= 0.3 is 5.97 Å². The smallest absolute Gasteiger partial charge is 0.303 e. The lowest BCUT2D eigenvalue weighted by molar-refractivity contribution is -0.376. The highest BCUT2D eigenvalue weighted by molar-refractivity contribution is 5.92. The molecule has 2 aliphatic carbocycles. The van der Waals surface area contributed by atoms with Gasteiger partial charge in [-0.3, -0.25) is 9.59 Å². The molecule has 0 aromatic heterocycles. The van der Waals surface area contributed by atoms with E-state index in [2.05, 4.69) is 6.58 Å². The van der Waals surface area contributed by atoms with Crippen molar-refractivity contribution in [1.29, 1.82) is 0 Å². The van der Waals surface area contributed by atoms with Crippen LogP contribution in [0.4, 0.5) is 0 Å². The molecule has 3 N–H and O–H groups in total. The van der Waals surface area contributed by atoms with E-state index in [0.29, 0.717) is 19.4 Å². The molecule has 0 radical (unpaired) electrons. The monoisotopic (exact) mass is 511 g/mol. The zero-order valence-corrected chi connectivity index (χ0v) is 23.0. The topological polar surface area (TPSA) is 126 Å². The zero-order valence-electron chi connectivity index (χ0n) is 23.0. The standard InChI is InChI=1S/C27H45NO8/c1-10-24(5)13-19(31)27(33)25(6)18(30)11-12-23(3,4)21(25)20(32)22(26(27,7)36-24)34-15-17(14-28(8)9)35-16(2)29/h10,17-18,20-22,30,32-33H,1,11-15H2,2-9H3/t17?,18-,20-,21-,22-,24-,25-,26+,27-/m0/s1. The van der Waals surface area contributed by atoms with Crippen molar-refractivity contribution in [2.45, 2.75) is 102 Å². The fourth-order valence-electron chi connectivity index (χ4n) is 7.53. The van der Waals surface area contributed by atoms with Crippen LogP contribution in [0.25, 0.3) is 0 Å². The second-order valence-corrected chi connectivity index (χ2v) is 12.6. The summed E-state index contributed by atoms with van der Waals surface area (Å²) in [6.07, 6.45) is -1.68. The van der Waals surface area contributed by atoms with E-state index in [9.17, 15) is 24.9 Å². The van der Waals surface area contributed by atoms with Gasteiger partial charge in [0.2, 0.25) is 0 Å². The predicted molar refractivity (Wildman–Crippen MR) is 133 cm³/mol. The van der Waals surface area contributed by atoms with Gasteiger partial charge in [-0.2, -0.15) is 0 Å². The average Bonchev–Trinajstić information content (AvgIpc) is 2.73. The first-order valence-electron chi connectivity index (χ1n) is 12.8. The number of ketones is 1. The molecular formula is C27H45NO8. The fourth-order valence-corrected chi connectivity index (χ4v) is 7.53. The molecule has 36 heavy (non-hydrogen) atoms. The molecule has 0 amide bonds. The Morgan fingerprint density at radius 2 is 1.86 bits per heavy atom. The molecule has 3 rings (SSSR count). The quantitative estimate of drug-likeness (QED) is 0.344. The van der Waals surface area contributed by atoms with Gasteiger partial charge in [-0.05, 0) is 46.2 Å². The van der Waals surface area contributed by atoms with Crippen molar-refractivity contribution in [1.82, 2.24) is 4.90 Å². The van der Waals surface area contributed by atoms with E-state index < -0.39 is 69.7 Å². The third kappa shape index (κ3) is 4.25. The minimum Gasteiger partial charge on any atom is -0.459 e. The Balaban J connectivity index is 2.15. The summed E-state index contributed by atoms with van der Waals surface area (Å²) >= 11 is 0. The number of aliphatic hydroxyl groups is 3. The normalized spacial score (nSPS) is 44.9. The molecule has 206 valence electrons. The molecule has 1 unspecified atom stereocenters. The molecule has 9 nitrogen and oxygen atoms in total. The van der Waals surface area contributed by atoms with Crippen LogP contribution in [0.2, 0.25) is 0 Å². The van der Waals surface area contributed by atoms with Crippen LogP contribution in [0, 0.1) is 16.7 Å². The first-order valence-corrected chi connectivity index (χ1v) is 12.8. The molecule has 0 aromatic rings. The number of nitrogens with zero attached hydrogens (tertiary/aromatic N) is 1.